The van der Waals surface area contributed by atoms with Crippen molar-refractivity contribution in [3.8, 4) is 5.75 Å². The van der Waals surface area contributed by atoms with Gasteiger partial charge in [-0.25, -0.2) is 8.42 Å². The molecule has 1 aromatic rings. The average Bonchev–Trinajstić information content (AvgIpc) is 3.68. The SMILES string of the molecule is CNC1=CC(N)(c2ccc(S(=O)(=O)N3CCC(N4C[C@H]5C[C@@H]4CO5)CC3)cc2OC)NC2=NCC(C(F)(F)F)=C12. The van der Waals surface area contributed by atoms with Crippen LogP contribution in [0.4, 0.5) is 13.2 Å². The fraction of sp³-hybridized carbons (Fsp3) is 0.577. The van der Waals surface area contributed by atoms with Crippen LogP contribution in [0.5, 0.6) is 5.75 Å². The standard InChI is InChI=1S/C26H33F3N6O4S/c1-31-21-11-25(30,33-24-23(21)20(12-32-24)26(27,28)29)19-4-3-18(10-22(19)38-2)40(36,37)34-7-5-15(6-8-34)35-13-17-9-16(35)14-39-17/h3-4,10-11,15-17,31H,5-9,12-14,30H2,1-2H3,(H,32,33)/t16-,17-,25?/m1/s1. The van der Waals surface area contributed by atoms with Crippen molar-refractivity contribution in [1.29, 1.82) is 0 Å². The summed E-state index contributed by atoms with van der Waals surface area (Å²) in [4.78, 5) is 6.59. The highest BCUT2D eigenvalue weighted by molar-refractivity contribution is 7.89. The van der Waals surface area contributed by atoms with Gasteiger partial charge in [0.25, 0.3) is 0 Å². The number of amidine groups is 1. The number of nitrogens with zero attached hydrogens (tertiary/aromatic N) is 3. The van der Waals surface area contributed by atoms with Crippen LogP contribution < -0.4 is 21.1 Å². The maximum Gasteiger partial charge on any atom is 0.415 e. The van der Waals surface area contributed by atoms with E-state index in [9.17, 15) is 21.6 Å². The fourth-order valence-electron chi connectivity index (χ4n) is 6.57. The highest BCUT2D eigenvalue weighted by atomic mass is 32.2. The molecular formula is C26H33F3N6O4S. The van der Waals surface area contributed by atoms with E-state index >= 15 is 0 Å². The van der Waals surface area contributed by atoms with Crippen LogP contribution in [0.15, 0.2) is 51.0 Å². The van der Waals surface area contributed by atoms with Crippen LogP contribution in [-0.4, -0.2) is 94.8 Å². The molecule has 2 bridgehead atoms. The Bertz CT molecular complexity index is 1400. The lowest BCUT2D eigenvalue weighted by atomic mass is 9.90. The third-order valence-corrected chi connectivity index (χ3v) is 10.5. The minimum atomic E-state index is -4.54. The monoisotopic (exact) mass is 582 g/mol. The van der Waals surface area contributed by atoms with Gasteiger partial charge in [0.1, 0.15) is 17.2 Å². The number of ether oxygens (including phenoxy) is 2. The molecular weight excluding hydrogens is 549 g/mol. The van der Waals surface area contributed by atoms with Crippen molar-refractivity contribution in [2.45, 2.75) is 54.2 Å². The number of likely N-dealkylation sites (tertiary alicyclic amines) is 1. The van der Waals surface area contributed by atoms with Gasteiger partial charge in [0.2, 0.25) is 10.0 Å². The summed E-state index contributed by atoms with van der Waals surface area (Å²) in [7, 11) is -0.909. The van der Waals surface area contributed by atoms with Crippen LogP contribution >= 0.6 is 0 Å². The summed E-state index contributed by atoms with van der Waals surface area (Å²) in [6.45, 7) is 1.98. The molecule has 5 aliphatic heterocycles. The van der Waals surface area contributed by atoms with E-state index in [1.807, 2.05) is 0 Å². The Balaban J connectivity index is 1.24. The molecule has 0 saturated carbocycles. The Morgan fingerprint density at radius 3 is 2.60 bits per heavy atom. The minimum Gasteiger partial charge on any atom is -0.496 e. The number of alkyl halides is 3. The van der Waals surface area contributed by atoms with Crippen molar-refractivity contribution in [1.82, 2.24) is 19.8 Å². The summed E-state index contributed by atoms with van der Waals surface area (Å²) in [6.07, 6.45) is -0.243. The maximum atomic E-state index is 13.6. The third-order valence-electron chi connectivity index (χ3n) is 8.60. The average molecular weight is 583 g/mol. The van der Waals surface area contributed by atoms with Gasteiger partial charge in [0, 0.05) is 61.7 Å². The Hall–Kier alpha value is -2.65. The first-order valence-corrected chi connectivity index (χ1v) is 14.8. The second-order valence-electron chi connectivity index (χ2n) is 10.9. The lowest BCUT2D eigenvalue weighted by molar-refractivity contribution is -0.0922. The van der Waals surface area contributed by atoms with Gasteiger partial charge in [-0.1, -0.05) is 0 Å². The Morgan fingerprint density at radius 2 is 2.00 bits per heavy atom. The molecule has 5 aliphatic rings. The molecule has 0 spiro atoms. The van der Waals surface area contributed by atoms with Gasteiger partial charge >= 0.3 is 6.18 Å². The first-order valence-electron chi connectivity index (χ1n) is 13.3. The van der Waals surface area contributed by atoms with E-state index in [1.165, 1.54) is 42.7 Å². The van der Waals surface area contributed by atoms with Gasteiger partial charge in [-0.05, 0) is 37.5 Å². The summed E-state index contributed by atoms with van der Waals surface area (Å²) >= 11 is 0. The molecule has 0 amide bonds. The van der Waals surface area contributed by atoms with Gasteiger partial charge < -0.3 is 25.8 Å². The second kappa shape index (κ2) is 9.72. The molecule has 6 rings (SSSR count). The second-order valence-corrected chi connectivity index (χ2v) is 12.8. The Morgan fingerprint density at radius 1 is 1.25 bits per heavy atom. The zero-order chi connectivity index (χ0) is 28.4. The number of likely N-dealkylation sites (N-methyl/N-ethyl adjacent to an activating group) is 1. The molecule has 1 unspecified atom stereocenters. The largest absolute Gasteiger partial charge is 0.496 e. The van der Waals surface area contributed by atoms with Crippen LogP contribution in [-0.2, 0) is 20.4 Å². The summed E-state index contributed by atoms with van der Waals surface area (Å²) in [5, 5.41) is 5.71. The van der Waals surface area contributed by atoms with Gasteiger partial charge in [-0.2, -0.15) is 17.5 Å². The van der Waals surface area contributed by atoms with E-state index in [0.29, 0.717) is 36.8 Å². The first kappa shape index (κ1) is 27.5. The molecule has 0 aliphatic carbocycles. The Kier molecular flexibility index (Phi) is 6.69. The minimum absolute atomic E-state index is 0.0149. The van der Waals surface area contributed by atoms with Crippen LogP contribution in [0.25, 0.3) is 0 Å². The number of sulfonamides is 1. The van der Waals surface area contributed by atoms with Crippen LogP contribution in [0, 0.1) is 0 Å². The van der Waals surface area contributed by atoms with Crippen LogP contribution in [0.3, 0.4) is 0 Å². The molecule has 40 heavy (non-hydrogen) atoms. The number of hydrogen-bond acceptors (Lipinski definition) is 9. The number of aliphatic imine (C=N–C) groups is 1. The smallest absolute Gasteiger partial charge is 0.415 e. The number of halogens is 3. The van der Waals surface area contributed by atoms with Gasteiger partial charge in [-0.15, -0.1) is 0 Å². The molecule has 10 nitrogen and oxygen atoms in total. The van der Waals surface area contributed by atoms with Crippen LogP contribution in [0.1, 0.15) is 24.8 Å². The number of rotatable bonds is 6. The van der Waals surface area contributed by atoms with Crippen molar-refractivity contribution in [2.75, 3.05) is 46.9 Å². The highest BCUT2D eigenvalue weighted by Crippen LogP contribution is 2.40. The number of nitrogens with two attached hydrogens (primary N) is 1. The molecule has 5 heterocycles. The van der Waals surface area contributed by atoms with Crippen molar-refractivity contribution in [2.24, 2.45) is 10.7 Å². The molecule has 3 fully saturated rings. The fourth-order valence-corrected chi connectivity index (χ4v) is 8.06. The quantitative estimate of drug-likeness (QED) is 0.461. The number of benzene rings is 1. The molecule has 1 aromatic carbocycles. The highest BCUT2D eigenvalue weighted by Gasteiger charge is 2.46. The molecule has 14 heteroatoms. The van der Waals surface area contributed by atoms with Crippen molar-refractivity contribution >= 4 is 15.9 Å². The predicted molar refractivity (Wildman–Crippen MR) is 141 cm³/mol. The summed E-state index contributed by atoms with van der Waals surface area (Å²) in [5.41, 5.74) is 4.85. The zero-order valence-electron chi connectivity index (χ0n) is 22.3. The Labute approximate surface area is 231 Å². The van der Waals surface area contributed by atoms with Gasteiger partial charge in [-0.3, -0.25) is 9.89 Å². The zero-order valence-corrected chi connectivity index (χ0v) is 23.1. The molecule has 0 radical (unpaired) electrons. The van der Waals surface area contributed by atoms with Crippen molar-refractivity contribution in [3.63, 3.8) is 0 Å². The van der Waals surface area contributed by atoms with Gasteiger partial charge in [0.05, 0.1) is 36.8 Å². The number of methoxy groups -OCH3 is 1. The van der Waals surface area contributed by atoms with Gasteiger partial charge in [0.15, 0.2) is 0 Å². The van der Waals surface area contributed by atoms with Crippen molar-refractivity contribution < 1.29 is 31.1 Å². The van der Waals surface area contributed by atoms with E-state index in [4.69, 9.17) is 15.2 Å². The maximum absolute atomic E-state index is 13.6. The summed E-state index contributed by atoms with van der Waals surface area (Å²) < 4.78 is 80.7. The van der Waals surface area contributed by atoms with Crippen LogP contribution in [0.2, 0.25) is 0 Å². The number of piperidine rings is 1. The molecule has 0 aromatic heterocycles. The topological polar surface area (TPSA) is 122 Å². The molecule has 3 saturated heterocycles. The molecule has 4 N–H and O–H groups in total. The third kappa shape index (κ3) is 4.49. The van der Waals surface area contributed by atoms with E-state index in [0.717, 1.165) is 32.4 Å². The van der Waals surface area contributed by atoms with E-state index in [2.05, 4.69) is 20.5 Å². The van der Waals surface area contributed by atoms with E-state index in [1.54, 1.807) is 0 Å². The first-order chi connectivity index (χ1) is 18.9. The lowest BCUT2D eigenvalue weighted by Crippen LogP contribution is -2.55. The summed E-state index contributed by atoms with van der Waals surface area (Å²) in [5.74, 6) is 0.203. The molecule has 3 atom stereocenters. The number of hydrogen-bond donors (Lipinski definition) is 3. The molecule has 218 valence electrons. The lowest BCUT2D eigenvalue weighted by Gasteiger charge is -2.40. The number of fused-ring (bicyclic) bond motifs is 3. The number of morpholine rings is 1. The number of nitrogens with one attached hydrogen (secondary N) is 2. The summed E-state index contributed by atoms with van der Waals surface area (Å²) in [6, 6.07) is 5.19. The van der Waals surface area contributed by atoms with Crippen molar-refractivity contribution in [3.05, 3.63) is 46.7 Å². The van der Waals surface area contributed by atoms with E-state index < -0.39 is 34.0 Å². The van der Waals surface area contributed by atoms with E-state index in [-0.39, 0.29) is 27.8 Å². The predicted octanol–water partition coefficient (Wildman–Crippen LogP) is 1.41. The normalized spacial score (nSPS) is 29.8.